The summed E-state index contributed by atoms with van der Waals surface area (Å²) in [4.78, 5) is 10.4. The number of halogens is 2. The van der Waals surface area contributed by atoms with Gasteiger partial charge in [0.15, 0.2) is 0 Å². The van der Waals surface area contributed by atoms with Gasteiger partial charge < -0.3 is 4.42 Å². The van der Waals surface area contributed by atoms with Crippen molar-refractivity contribution in [1.29, 1.82) is 0 Å². The van der Waals surface area contributed by atoms with E-state index in [0.717, 1.165) is 17.8 Å². The minimum atomic E-state index is -0.660. The predicted molar refractivity (Wildman–Crippen MR) is 87.0 cm³/mol. The molecule has 9 heteroatoms. The number of nitrogens with zero attached hydrogens (tertiary/aromatic N) is 3. The number of thioether (sulfide) groups is 1. The fraction of sp³-hybridized carbons (Fsp3) is 0.125. The van der Waals surface area contributed by atoms with Crippen LogP contribution in [0.2, 0.25) is 0 Å². The van der Waals surface area contributed by atoms with Crippen LogP contribution < -0.4 is 0 Å². The molecule has 128 valence electrons. The van der Waals surface area contributed by atoms with Crippen LogP contribution in [0.15, 0.2) is 51.8 Å². The lowest BCUT2D eigenvalue weighted by atomic mass is 10.2. The van der Waals surface area contributed by atoms with Gasteiger partial charge in [-0.15, -0.1) is 22.0 Å². The van der Waals surface area contributed by atoms with Crippen molar-refractivity contribution >= 4 is 17.4 Å². The molecule has 0 unspecified atom stereocenters. The van der Waals surface area contributed by atoms with Gasteiger partial charge in [0.05, 0.1) is 10.2 Å². The summed E-state index contributed by atoms with van der Waals surface area (Å²) in [6.07, 6.45) is 0. The van der Waals surface area contributed by atoms with Gasteiger partial charge in [0.1, 0.15) is 11.6 Å². The summed E-state index contributed by atoms with van der Waals surface area (Å²) in [5.74, 6) is -0.835. The number of nitro benzene ring substituents is 1. The number of hydrogen-bond acceptors (Lipinski definition) is 6. The molecule has 2 aromatic carbocycles. The van der Waals surface area contributed by atoms with Gasteiger partial charge in [-0.2, -0.15) is 0 Å². The fourth-order valence-electron chi connectivity index (χ4n) is 2.05. The van der Waals surface area contributed by atoms with Crippen molar-refractivity contribution in [2.24, 2.45) is 0 Å². The lowest BCUT2D eigenvalue weighted by Gasteiger charge is -2.07. The molecule has 25 heavy (non-hydrogen) atoms. The Morgan fingerprint density at radius 1 is 1.16 bits per heavy atom. The minimum absolute atomic E-state index is 0.0424. The Labute approximate surface area is 145 Å². The summed E-state index contributed by atoms with van der Waals surface area (Å²) in [6.45, 7) is 1.75. The van der Waals surface area contributed by atoms with E-state index < -0.39 is 16.6 Å². The van der Waals surface area contributed by atoms with Crippen LogP contribution >= 0.6 is 11.8 Å². The molecule has 0 N–H and O–H groups in total. The maximum absolute atomic E-state index is 13.7. The van der Waals surface area contributed by atoms with Gasteiger partial charge in [-0.05, 0) is 31.2 Å². The Kier molecular flexibility index (Phi) is 4.75. The number of non-ortho nitro benzene ring substituents is 1. The molecule has 0 aliphatic carbocycles. The van der Waals surface area contributed by atoms with Crippen molar-refractivity contribution in [3.05, 3.63) is 70.1 Å². The zero-order chi connectivity index (χ0) is 18.0. The van der Waals surface area contributed by atoms with Gasteiger partial charge in [-0.3, -0.25) is 10.1 Å². The van der Waals surface area contributed by atoms with E-state index in [-0.39, 0.29) is 27.6 Å². The normalized spacial score (nSPS) is 12.1. The average molecular weight is 363 g/mol. The highest BCUT2D eigenvalue weighted by molar-refractivity contribution is 7.99. The molecular formula is C16H11F2N3O3S. The van der Waals surface area contributed by atoms with Gasteiger partial charge >= 0.3 is 0 Å². The first kappa shape index (κ1) is 17.0. The second-order valence-corrected chi connectivity index (χ2v) is 6.47. The van der Waals surface area contributed by atoms with E-state index >= 15 is 0 Å². The van der Waals surface area contributed by atoms with Gasteiger partial charge in [-0.1, -0.05) is 0 Å². The van der Waals surface area contributed by atoms with Crippen LogP contribution in [-0.2, 0) is 0 Å². The Bertz CT molecular complexity index is 915. The van der Waals surface area contributed by atoms with Crippen molar-refractivity contribution in [3.63, 3.8) is 0 Å². The molecule has 3 rings (SSSR count). The van der Waals surface area contributed by atoms with E-state index in [9.17, 15) is 18.9 Å². The van der Waals surface area contributed by atoms with Gasteiger partial charge in [0, 0.05) is 28.7 Å². The van der Waals surface area contributed by atoms with Crippen LogP contribution in [0.4, 0.5) is 14.5 Å². The molecule has 0 bridgehead atoms. The predicted octanol–water partition coefficient (Wildman–Crippen LogP) is 4.78. The third kappa shape index (κ3) is 3.82. The summed E-state index contributed by atoms with van der Waals surface area (Å²) in [5.41, 5.74) is 0.494. The van der Waals surface area contributed by atoms with E-state index in [4.69, 9.17) is 4.42 Å². The Balaban J connectivity index is 1.77. The Hall–Kier alpha value is -2.81. The standard InChI is InChI=1S/C16H11F2N3O3S/c1-9(25-14-7-4-11(17)8-13(14)18)15-19-20-16(24-15)10-2-5-12(6-3-10)21(22)23/h2-9H,1H3/t9-/m1/s1. The molecule has 0 radical (unpaired) electrons. The first-order chi connectivity index (χ1) is 11.9. The van der Waals surface area contributed by atoms with Gasteiger partial charge in [-0.25, -0.2) is 8.78 Å². The molecule has 1 heterocycles. The molecule has 3 aromatic rings. The highest BCUT2D eigenvalue weighted by Crippen LogP contribution is 2.36. The van der Waals surface area contributed by atoms with Gasteiger partial charge in [0.2, 0.25) is 11.8 Å². The van der Waals surface area contributed by atoms with Crippen LogP contribution in [0.5, 0.6) is 0 Å². The molecule has 0 saturated carbocycles. The molecule has 0 amide bonds. The maximum Gasteiger partial charge on any atom is 0.269 e. The van der Waals surface area contributed by atoms with Crippen molar-refractivity contribution in [3.8, 4) is 11.5 Å². The van der Waals surface area contributed by atoms with Crippen molar-refractivity contribution in [1.82, 2.24) is 10.2 Å². The van der Waals surface area contributed by atoms with E-state index in [1.165, 1.54) is 36.4 Å². The topological polar surface area (TPSA) is 82.1 Å². The lowest BCUT2D eigenvalue weighted by molar-refractivity contribution is -0.384. The molecular weight excluding hydrogens is 352 g/mol. The maximum atomic E-state index is 13.7. The monoisotopic (exact) mass is 363 g/mol. The SMILES string of the molecule is C[C@@H](Sc1ccc(F)cc1F)c1nnc(-c2ccc([N+](=O)[O-])cc2)o1. The average Bonchev–Trinajstić information content (AvgIpc) is 3.07. The lowest BCUT2D eigenvalue weighted by Crippen LogP contribution is -1.91. The number of benzene rings is 2. The first-order valence-electron chi connectivity index (χ1n) is 7.14. The molecule has 0 spiro atoms. The van der Waals surface area contributed by atoms with Crippen molar-refractivity contribution in [2.45, 2.75) is 17.1 Å². The van der Waals surface area contributed by atoms with Crippen LogP contribution in [0.3, 0.4) is 0 Å². The molecule has 0 saturated heterocycles. The highest BCUT2D eigenvalue weighted by Gasteiger charge is 2.18. The zero-order valence-electron chi connectivity index (χ0n) is 12.8. The molecule has 1 atom stereocenters. The number of aromatic nitrogens is 2. The van der Waals surface area contributed by atoms with Crippen LogP contribution in [0.1, 0.15) is 18.1 Å². The minimum Gasteiger partial charge on any atom is -0.419 e. The van der Waals surface area contributed by atoms with E-state index in [2.05, 4.69) is 10.2 Å². The fourth-order valence-corrected chi connectivity index (χ4v) is 2.95. The second kappa shape index (κ2) is 6.98. The smallest absolute Gasteiger partial charge is 0.269 e. The summed E-state index contributed by atoms with van der Waals surface area (Å²) in [7, 11) is 0. The number of hydrogen-bond donors (Lipinski definition) is 0. The summed E-state index contributed by atoms with van der Waals surface area (Å²) < 4.78 is 32.2. The third-order valence-corrected chi connectivity index (χ3v) is 4.45. The van der Waals surface area contributed by atoms with Gasteiger partial charge in [0.25, 0.3) is 5.69 Å². The second-order valence-electron chi connectivity index (χ2n) is 5.08. The van der Waals surface area contributed by atoms with Crippen LogP contribution in [0.25, 0.3) is 11.5 Å². The number of rotatable bonds is 5. The highest BCUT2D eigenvalue weighted by atomic mass is 32.2. The molecule has 0 aliphatic rings. The summed E-state index contributed by atoms with van der Waals surface area (Å²) in [6, 6.07) is 9.02. The number of nitro groups is 1. The van der Waals surface area contributed by atoms with Crippen molar-refractivity contribution in [2.75, 3.05) is 0 Å². The summed E-state index contributed by atoms with van der Waals surface area (Å²) >= 11 is 1.12. The summed E-state index contributed by atoms with van der Waals surface area (Å²) in [5, 5.41) is 18.1. The largest absolute Gasteiger partial charge is 0.419 e. The molecule has 0 fully saturated rings. The van der Waals surface area contributed by atoms with Crippen LogP contribution in [-0.4, -0.2) is 15.1 Å². The van der Waals surface area contributed by atoms with Crippen LogP contribution in [0, 0.1) is 21.7 Å². The Morgan fingerprint density at radius 3 is 2.52 bits per heavy atom. The Morgan fingerprint density at radius 2 is 1.88 bits per heavy atom. The van der Waals surface area contributed by atoms with Crippen molar-refractivity contribution < 1.29 is 18.1 Å². The van der Waals surface area contributed by atoms with E-state index in [1.54, 1.807) is 6.92 Å². The molecule has 1 aromatic heterocycles. The first-order valence-corrected chi connectivity index (χ1v) is 8.02. The zero-order valence-corrected chi connectivity index (χ0v) is 13.7. The van der Waals surface area contributed by atoms with E-state index in [0.29, 0.717) is 5.56 Å². The van der Waals surface area contributed by atoms with E-state index in [1.807, 2.05) is 0 Å². The quantitative estimate of drug-likeness (QED) is 0.369. The third-order valence-electron chi connectivity index (χ3n) is 3.31. The molecule has 6 nitrogen and oxygen atoms in total. The molecule has 0 aliphatic heterocycles.